The first-order valence-electron chi connectivity index (χ1n) is 5.32. The smallest absolute Gasteiger partial charge is 0.138 e. The maximum absolute atomic E-state index is 12.7. The van der Waals surface area contributed by atoms with Crippen LogP contribution >= 0.6 is 24.2 Å². The second kappa shape index (κ2) is 7.02. The number of hydrogen-bond donors (Lipinski definition) is 1. The van der Waals surface area contributed by atoms with Crippen molar-refractivity contribution >= 4 is 24.2 Å². The molecule has 0 bridgehead atoms. The Labute approximate surface area is 106 Å². The fourth-order valence-corrected chi connectivity index (χ4v) is 1.99. The quantitative estimate of drug-likeness (QED) is 0.756. The molecular formula is C12H16ClFOS. The van der Waals surface area contributed by atoms with Crippen LogP contribution in [0.2, 0.25) is 5.02 Å². The number of hydrogen-bond acceptors (Lipinski definition) is 2. The molecule has 0 fully saturated rings. The van der Waals surface area contributed by atoms with Crippen LogP contribution < -0.4 is 4.74 Å². The summed E-state index contributed by atoms with van der Waals surface area (Å²) in [7, 11) is 0. The number of rotatable bonds is 6. The molecule has 0 N–H and O–H groups in total. The van der Waals surface area contributed by atoms with E-state index in [0.29, 0.717) is 23.3 Å². The molecule has 0 heterocycles. The first-order valence-corrected chi connectivity index (χ1v) is 6.33. The Hall–Kier alpha value is -0.410. The molecule has 1 rings (SSSR count). The van der Waals surface area contributed by atoms with Crippen molar-refractivity contribution in [3.8, 4) is 5.75 Å². The molecule has 1 aromatic rings. The number of ether oxygens (including phenoxy) is 1. The SMILES string of the molecule is CC(CCS)CCOc1ccc(F)cc1Cl. The fourth-order valence-electron chi connectivity index (χ4n) is 1.33. The van der Waals surface area contributed by atoms with Gasteiger partial charge in [0.05, 0.1) is 11.6 Å². The first kappa shape index (κ1) is 13.7. The lowest BCUT2D eigenvalue weighted by molar-refractivity contribution is 0.282. The van der Waals surface area contributed by atoms with Gasteiger partial charge in [-0.05, 0) is 42.7 Å². The zero-order valence-corrected chi connectivity index (χ0v) is 10.9. The normalized spacial score (nSPS) is 12.5. The molecule has 90 valence electrons. The number of thiol groups is 1. The van der Waals surface area contributed by atoms with Crippen molar-refractivity contribution in [3.63, 3.8) is 0 Å². The summed E-state index contributed by atoms with van der Waals surface area (Å²) in [6.07, 6.45) is 2.03. The van der Waals surface area contributed by atoms with E-state index in [4.69, 9.17) is 16.3 Å². The van der Waals surface area contributed by atoms with E-state index >= 15 is 0 Å². The monoisotopic (exact) mass is 262 g/mol. The summed E-state index contributed by atoms with van der Waals surface area (Å²) in [5.41, 5.74) is 0. The number of benzene rings is 1. The van der Waals surface area contributed by atoms with E-state index in [9.17, 15) is 4.39 Å². The highest BCUT2D eigenvalue weighted by atomic mass is 35.5. The summed E-state index contributed by atoms with van der Waals surface area (Å²) in [6.45, 7) is 2.76. The van der Waals surface area contributed by atoms with E-state index in [2.05, 4.69) is 19.6 Å². The molecular weight excluding hydrogens is 247 g/mol. The summed E-state index contributed by atoms with van der Waals surface area (Å²) in [5.74, 6) is 1.66. The molecule has 0 radical (unpaired) electrons. The third-order valence-electron chi connectivity index (χ3n) is 2.38. The second-order valence-corrected chi connectivity index (χ2v) is 4.68. The van der Waals surface area contributed by atoms with Crippen LogP contribution in [-0.2, 0) is 0 Å². The highest BCUT2D eigenvalue weighted by Crippen LogP contribution is 2.25. The van der Waals surface area contributed by atoms with Gasteiger partial charge in [0.1, 0.15) is 11.6 Å². The molecule has 0 amide bonds. The van der Waals surface area contributed by atoms with Gasteiger partial charge in [-0.3, -0.25) is 0 Å². The van der Waals surface area contributed by atoms with Crippen molar-refractivity contribution in [1.29, 1.82) is 0 Å². The van der Waals surface area contributed by atoms with Gasteiger partial charge < -0.3 is 4.74 Å². The van der Waals surface area contributed by atoms with Crippen LogP contribution in [0.1, 0.15) is 19.8 Å². The van der Waals surface area contributed by atoms with E-state index in [1.54, 1.807) is 6.07 Å². The van der Waals surface area contributed by atoms with E-state index in [0.717, 1.165) is 18.6 Å². The maximum Gasteiger partial charge on any atom is 0.138 e. The van der Waals surface area contributed by atoms with Crippen molar-refractivity contribution in [1.82, 2.24) is 0 Å². The average Bonchev–Trinajstić information content (AvgIpc) is 2.22. The van der Waals surface area contributed by atoms with Crippen LogP contribution in [0.5, 0.6) is 5.75 Å². The van der Waals surface area contributed by atoms with Gasteiger partial charge in [0.15, 0.2) is 0 Å². The highest BCUT2D eigenvalue weighted by molar-refractivity contribution is 7.80. The molecule has 1 atom stereocenters. The Morgan fingerprint density at radius 2 is 2.19 bits per heavy atom. The molecule has 0 saturated heterocycles. The standard InChI is InChI=1S/C12H16ClFOS/c1-9(5-7-16)4-6-15-12-3-2-10(14)8-11(12)13/h2-3,8-9,16H,4-7H2,1H3. The van der Waals surface area contributed by atoms with E-state index < -0.39 is 0 Å². The van der Waals surface area contributed by atoms with Gasteiger partial charge in [0, 0.05) is 0 Å². The van der Waals surface area contributed by atoms with Crippen LogP contribution in [0.25, 0.3) is 0 Å². The summed E-state index contributed by atoms with van der Waals surface area (Å²) in [6, 6.07) is 4.16. The van der Waals surface area contributed by atoms with Crippen LogP contribution in [0.3, 0.4) is 0 Å². The molecule has 0 aliphatic carbocycles. The molecule has 0 saturated carbocycles. The highest BCUT2D eigenvalue weighted by Gasteiger charge is 2.05. The lowest BCUT2D eigenvalue weighted by atomic mass is 10.1. The van der Waals surface area contributed by atoms with Crippen LogP contribution in [0, 0.1) is 11.7 Å². The third-order valence-corrected chi connectivity index (χ3v) is 2.94. The van der Waals surface area contributed by atoms with Crippen LogP contribution in [-0.4, -0.2) is 12.4 Å². The molecule has 1 aromatic carbocycles. The lowest BCUT2D eigenvalue weighted by Gasteiger charge is -2.11. The van der Waals surface area contributed by atoms with Gasteiger partial charge >= 0.3 is 0 Å². The molecule has 0 aliphatic rings. The van der Waals surface area contributed by atoms with Crippen LogP contribution in [0.4, 0.5) is 4.39 Å². The molecule has 4 heteroatoms. The maximum atomic E-state index is 12.7. The summed E-state index contributed by atoms with van der Waals surface area (Å²) in [5, 5.41) is 0.321. The van der Waals surface area contributed by atoms with E-state index in [1.165, 1.54) is 12.1 Å². The van der Waals surface area contributed by atoms with Gasteiger partial charge in [-0.1, -0.05) is 18.5 Å². The average molecular weight is 263 g/mol. The Bertz CT molecular complexity index is 333. The zero-order valence-electron chi connectivity index (χ0n) is 9.25. The molecule has 0 aliphatic heterocycles. The van der Waals surface area contributed by atoms with E-state index in [1.807, 2.05) is 0 Å². The minimum absolute atomic E-state index is 0.321. The predicted molar refractivity (Wildman–Crippen MR) is 69.2 cm³/mol. The Morgan fingerprint density at radius 1 is 1.44 bits per heavy atom. The van der Waals surface area contributed by atoms with Gasteiger partial charge in [-0.2, -0.15) is 12.6 Å². The van der Waals surface area contributed by atoms with E-state index in [-0.39, 0.29) is 5.82 Å². The van der Waals surface area contributed by atoms with Gasteiger partial charge in [0.25, 0.3) is 0 Å². The molecule has 16 heavy (non-hydrogen) atoms. The predicted octanol–water partition coefficient (Wildman–Crippen LogP) is 4.20. The van der Waals surface area contributed by atoms with Gasteiger partial charge in [-0.25, -0.2) is 4.39 Å². The number of halogens is 2. The topological polar surface area (TPSA) is 9.23 Å². The van der Waals surface area contributed by atoms with Crippen molar-refractivity contribution in [2.45, 2.75) is 19.8 Å². The Balaban J connectivity index is 2.37. The van der Waals surface area contributed by atoms with Crippen molar-refractivity contribution in [2.24, 2.45) is 5.92 Å². The van der Waals surface area contributed by atoms with Gasteiger partial charge in [0.2, 0.25) is 0 Å². The summed E-state index contributed by atoms with van der Waals surface area (Å²) >= 11 is 10.0. The molecule has 1 unspecified atom stereocenters. The summed E-state index contributed by atoms with van der Waals surface area (Å²) in [4.78, 5) is 0. The Morgan fingerprint density at radius 3 is 2.81 bits per heavy atom. The largest absolute Gasteiger partial charge is 0.492 e. The molecule has 1 nitrogen and oxygen atoms in total. The fraction of sp³-hybridized carbons (Fsp3) is 0.500. The minimum atomic E-state index is -0.346. The van der Waals surface area contributed by atoms with Gasteiger partial charge in [-0.15, -0.1) is 0 Å². The Kier molecular flexibility index (Phi) is 5.99. The van der Waals surface area contributed by atoms with Crippen molar-refractivity contribution in [2.75, 3.05) is 12.4 Å². The van der Waals surface area contributed by atoms with Crippen LogP contribution in [0.15, 0.2) is 18.2 Å². The van der Waals surface area contributed by atoms with Crippen molar-refractivity contribution in [3.05, 3.63) is 29.0 Å². The van der Waals surface area contributed by atoms with Crippen molar-refractivity contribution < 1.29 is 9.13 Å². The molecule has 0 aromatic heterocycles. The lowest BCUT2D eigenvalue weighted by Crippen LogP contribution is -2.05. The zero-order chi connectivity index (χ0) is 12.0. The second-order valence-electron chi connectivity index (χ2n) is 3.83. The first-order chi connectivity index (χ1) is 7.63. The summed E-state index contributed by atoms with van der Waals surface area (Å²) < 4.78 is 18.2. The molecule has 0 spiro atoms. The minimum Gasteiger partial charge on any atom is -0.492 e. The third kappa shape index (κ3) is 4.62.